The average molecular weight is 373 g/mol. The minimum absolute atomic E-state index is 0.493. The van der Waals surface area contributed by atoms with Gasteiger partial charge in [-0.1, -0.05) is 48.5 Å². The Balaban J connectivity index is 1.75. The van der Waals surface area contributed by atoms with Gasteiger partial charge in [0.05, 0.1) is 12.1 Å². The van der Waals surface area contributed by atoms with Crippen molar-refractivity contribution in [1.29, 1.82) is 0 Å². The second-order valence-electron chi connectivity index (χ2n) is 7.23. The van der Waals surface area contributed by atoms with Crippen LogP contribution >= 0.6 is 0 Å². The second kappa shape index (κ2) is 6.96. The summed E-state index contributed by atoms with van der Waals surface area (Å²) in [5, 5.41) is 65.3. The minimum Gasteiger partial charge on any atom is -0.388 e. The van der Waals surface area contributed by atoms with E-state index in [2.05, 4.69) is 5.32 Å². The molecule has 27 heavy (non-hydrogen) atoms. The molecule has 2 aliphatic rings. The molecule has 2 aliphatic carbocycles. The van der Waals surface area contributed by atoms with Crippen molar-refractivity contribution in [2.24, 2.45) is 0 Å². The number of hydrogen-bond acceptors (Lipinski definition) is 7. The molecule has 7 nitrogen and oxygen atoms in total. The third kappa shape index (κ3) is 2.88. The Kier molecular flexibility index (Phi) is 4.77. The summed E-state index contributed by atoms with van der Waals surface area (Å²) in [5.74, 6) is 0. The maximum absolute atomic E-state index is 10.6. The quantitative estimate of drug-likeness (QED) is 0.381. The molecule has 144 valence electrons. The summed E-state index contributed by atoms with van der Waals surface area (Å²) in [6.45, 7) is 0. The highest BCUT2D eigenvalue weighted by molar-refractivity contribution is 5.40. The molecule has 0 radical (unpaired) electrons. The zero-order valence-electron chi connectivity index (χ0n) is 14.4. The van der Waals surface area contributed by atoms with Crippen molar-refractivity contribution >= 4 is 0 Å². The van der Waals surface area contributed by atoms with Crippen LogP contribution < -0.4 is 5.32 Å². The van der Waals surface area contributed by atoms with E-state index in [4.69, 9.17) is 0 Å². The third-order valence-electron chi connectivity index (χ3n) is 5.69. The Morgan fingerprint density at radius 1 is 0.481 bits per heavy atom. The fourth-order valence-corrected chi connectivity index (χ4v) is 4.20. The summed E-state index contributed by atoms with van der Waals surface area (Å²) in [4.78, 5) is 0. The molecule has 0 bridgehead atoms. The van der Waals surface area contributed by atoms with E-state index in [0.717, 1.165) is 0 Å². The number of hydrogen-bond donors (Lipinski definition) is 7. The highest BCUT2D eigenvalue weighted by Crippen LogP contribution is 2.41. The Bertz CT molecular complexity index is 762. The molecule has 8 atom stereocenters. The van der Waals surface area contributed by atoms with Crippen molar-refractivity contribution in [3.8, 4) is 0 Å². The van der Waals surface area contributed by atoms with Gasteiger partial charge in [-0.3, -0.25) is 5.32 Å². The normalized spacial score (nSPS) is 38.1. The molecule has 0 saturated heterocycles. The third-order valence-corrected chi connectivity index (χ3v) is 5.69. The number of aliphatic hydroxyl groups is 6. The number of nitrogens with one attached hydrogen (secondary N) is 1. The first kappa shape index (κ1) is 18.5. The molecule has 0 fully saturated rings. The van der Waals surface area contributed by atoms with Crippen LogP contribution in [0.2, 0.25) is 0 Å². The first-order valence-electron chi connectivity index (χ1n) is 8.94. The predicted octanol–water partition coefficient (Wildman–Crippen LogP) is -0.404. The van der Waals surface area contributed by atoms with E-state index >= 15 is 0 Å². The summed E-state index contributed by atoms with van der Waals surface area (Å²) in [7, 11) is 0. The van der Waals surface area contributed by atoms with Crippen LogP contribution in [0, 0.1) is 0 Å². The van der Waals surface area contributed by atoms with Gasteiger partial charge in [0.25, 0.3) is 0 Å². The topological polar surface area (TPSA) is 133 Å². The zero-order valence-corrected chi connectivity index (χ0v) is 14.4. The van der Waals surface area contributed by atoms with Crippen molar-refractivity contribution in [2.45, 2.75) is 48.7 Å². The Morgan fingerprint density at radius 2 is 0.815 bits per heavy atom. The maximum atomic E-state index is 10.6. The average Bonchev–Trinajstić information content (AvgIpc) is 2.70. The highest BCUT2D eigenvalue weighted by atomic mass is 16.4. The monoisotopic (exact) mass is 373 g/mol. The Labute approximate surface area is 156 Å². The van der Waals surface area contributed by atoms with Crippen LogP contribution in [0.25, 0.3) is 0 Å². The van der Waals surface area contributed by atoms with Crippen LogP contribution in [0.4, 0.5) is 0 Å². The smallest absolute Gasteiger partial charge is 0.112 e. The molecule has 4 rings (SSSR count). The van der Waals surface area contributed by atoms with E-state index in [1.807, 2.05) is 0 Å². The van der Waals surface area contributed by atoms with Crippen LogP contribution in [0.1, 0.15) is 46.5 Å². The Hall–Kier alpha value is -1.84. The van der Waals surface area contributed by atoms with Crippen molar-refractivity contribution in [1.82, 2.24) is 5.32 Å². The number of rotatable bonds is 2. The van der Waals surface area contributed by atoms with Crippen LogP contribution in [0.15, 0.2) is 48.5 Å². The van der Waals surface area contributed by atoms with Crippen molar-refractivity contribution in [3.63, 3.8) is 0 Å². The van der Waals surface area contributed by atoms with Gasteiger partial charge in [-0.05, 0) is 22.3 Å². The first-order valence-corrected chi connectivity index (χ1v) is 8.94. The maximum Gasteiger partial charge on any atom is 0.112 e. The van der Waals surface area contributed by atoms with Crippen molar-refractivity contribution < 1.29 is 30.6 Å². The SMILES string of the molecule is O[C@H]1[C@H](O)[C@@H](N[C@H]2c3ccccc3[C@@H](O)[C@@H](O)[C@@H]2O)c2ccccc2[C@H]1O. The summed E-state index contributed by atoms with van der Waals surface area (Å²) in [6.07, 6.45) is -7.88. The fraction of sp³-hybridized carbons (Fsp3) is 0.400. The number of fused-ring (bicyclic) bond motifs is 2. The second-order valence-corrected chi connectivity index (χ2v) is 7.23. The molecule has 0 saturated carbocycles. The Morgan fingerprint density at radius 3 is 1.19 bits per heavy atom. The highest BCUT2D eigenvalue weighted by Gasteiger charge is 2.45. The molecular weight excluding hydrogens is 350 g/mol. The molecule has 0 unspecified atom stereocenters. The lowest BCUT2D eigenvalue weighted by Crippen LogP contribution is -2.53. The molecule has 7 heteroatoms. The van der Waals surface area contributed by atoms with E-state index in [0.29, 0.717) is 22.3 Å². The van der Waals surface area contributed by atoms with Gasteiger partial charge in [0.15, 0.2) is 0 Å². The fourth-order valence-electron chi connectivity index (χ4n) is 4.20. The zero-order chi connectivity index (χ0) is 19.3. The molecule has 2 aromatic carbocycles. The largest absolute Gasteiger partial charge is 0.388 e. The standard InChI is InChI=1S/C20H23NO6/c22-15-11-7-3-1-5-9(11)13(17(24)19(15)26)21-14-10-6-2-4-8-12(10)16(23)20(27)18(14)25/h1-8,13-27H/t13-,14-,15+,16+,17+,18+,19+,20+/m0/s1. The van der Waals surface area contributed by atoms with Gasteiger partial charge < -0.3 is 30.6 Å². The molecule has 2 aromatic rings. The van der Waals surface area contributed by atoms with Crippen LogP contribution in [0.3, 0.4) is 0 Å². The van der Waals surface area contributed by atoms with Gasteiger partial charge in [0, 0.05) is 0 Å². The lowest BCUT2D eigenvalue weighted by molar-refractivity contribution is -0.104. The summed E-state index contributed by atoms with van der Waals surface area (Å²) < 4.78 is 0. The molecule has 0 heterocycles. The molecule has 0 amide bonds. The van der Waals surface area contributed by atoms with Crippen LogP contribution in [-0.4, -0.2) is 55.1 Å². The van der Waals surface area contributed by atoms with Gasteiger partial charge >= 0.3 is 0 Å². The van der Waals surface area contributed by atoms with E-state index in [1.54, 1.807) is 48.5 Å². The van der Waals surface area contributed by atoms with Crippen LogP contribution in [0.5, 0.6) is 0 Å². The summed E-state index contributed by atoms with van der Waals surface area (Å²) in [6, 6.07) is 12.2. The summed E-state index contributed by atoms with van der Waals surface area (Å²) in [5.41, 5.74) is 2.19. The molecular formula is C20H23NO6. The number of aliphatic hydroxyl groups excluding tert-OH is 6. The minimum atomic E-state index is -1.40. The lowest BCUT2D eigenvalue weighted by Gasteiger charge is -2.43. The molecule has 0 aliphatic heterocycles. The predicted molar refractivity (Wildman–Crippen MR) is 95.4 cm³/mol. The first-order chi connectivity index (χ1) is 12.9. The van der Waals surface area contributed by atoms with E-state index in [9.17, 15) is 30.6 Å². The number of benzene rings is 2. The van der Waals surface area contributed by atoms with Crippen molar-refractivity contribution in [3.05, 3.63) is 70.8 Å². The van der Waals surface area contributed by atoms with Gasteiger partial charge in [-0.2, -0.15) is 0 Å². The van der Waals surface area contributed by atoms with Gasteiger partial charge in [0.1, 0.15) is 36.6 Å². The van der Waals surface area contributed by atoms with E-state index < -0.39 is 48.7 Å². The van der Waals surface area contributed by atoms with Gasteiger partial charge in [-0.25, -0.2) is 0 Å². The van der Waals surface area contributed by atoms with Gasteiger partial charge in [-0.15, -0.1) is 0 Å². The molecule has 0 spiro atoms. The van der Waals surface area contributed by atoms with E-state index in [-0.39, 0.29) is 0 Å². The van der Waals surface area contributed by atoms with Gasteiger partial charge in [0.2, 0.25) is 0 Å². The molecule has 7 N–H and O–H groups in total. The molecule has 0 aromatic heterocycles. The lowest BCUT2D eigenvalue weighted by atomic mass is 9.78. The van der Waals surface area contributed by atoms with Crippen LogP contribution in [-0.2, 0) is 0 Å². The van der Waals surface area contributed by atoms with Crippen molar-refractivity contribution in [2.75, 3.05) is 0 Å². The van der Waals surface area contributed by atoms with E-state index in [1.165, 1.54) is 0 Å². The summed E-state index contributed by atoms with van der Waals surface area (Å²) >= 11 is 0.